The van der Waals surface area contributed by atoms with Crippen LogP contribution in [-0.4, -0.2) is 47.0 Å². The lowest BCUT2D eigenvalue weighted by Gasteiger charge is -2.16. The van der Waals surface area contributed by atoms with Crippen LogP contribution in [0.3, 0.4) is 0 Å². The van der Waals surface area contributed by atoms with Gasteiger partial charge in [-0.15, -0.1) is 0 Å². The molecule has 2 aromatic carbocycles. The van der Waals surface area contributed by atoms with Crippen LogP contribution in [0, 0.1) is 0 Å². The molecule has 1 aliphatic heterocycles. The van der Waals surface area contributed by atoms with Gasteiger partial charge < -0.3 is 15.0 Å². The van der Waals surface area contributed by atoms with Gasteiger partial charge in [0.05, 0.1) is 10.9 Å². The lowest BCUT2D eigenvalue weighted by molar-refractivity contribution is -0.130. The van der Waals surface area contributed by atoms with E-state index in [2.05, 4.69) is 5.32 Å². The molecule has 33 heavy (non-hydrogen) atoms. The number of carbonyl (C=O) groups excluding carboxylic acids is 2. The largest absolute Gasteiger partial charge is 0.484 e. The molecule has 1 N–H and O–H groups in total. The monoisotopic (exact) mass is 448 g/mol. The van der Waals surface area contributed by atoms with Gasteiger partial charge in [0.15, 0.2) is 6.61 Å². The maximum absolute atomic E-state index is 13.0. The number of aromatic nitrogens is 2. The van der Waals surface area contributed by atoms with Crippen LogP contribution in [0.4, 0.5) is 5.69 Å². The Morgan fingerprint density at radius 2 is 1.82 bits per heavy atom. The van der Waals surface area contributed by atoms with E-state index in [0.29, 0.717) is 34.4 Å². The van der Waals surface area contributed by atoms with Crippen LogP contribution in [0.2, 0.25) is 0 Å². The summed E-state index contributed by atoms with van der Waals surface area (Å²) in [5, 5.41) is 3.38. The summed E-state index contributed by atoms with van der Waals surface area (Å²) < 4.78 is 7.24. The first kappa shape index (κ1) is 22.5. The van der Waals surface area contributed by atoms with E-state index in [4.69, 9.17) is 9.72 Å². The summed E-state index contributed by atoms with van der Waals surface area (Å²) in [7, 11) is 3.33. The van der Waals surface area contributed by atoms with Gasteiger partial charge in [-0.1, -0.05) is 12.8 Å². The predicted molar refractivity (Wildman–Crippen MR) is 127 cm³/mol. The molecular formula is C25H28N4O4. The molecule has 0 bridgehead atoms. The summed E-state index contributed by atoms with van der Waals surface area (Å²) in [6.07, 6.45) is 5.05. The third-order valence-corrected chi connectivity index (χ3v) is 5.80. The van der Waals surface area contributed by atoms with Crippen LogP contribution in [0.1, 0.15) is 41.9 Å². The van der Waals surface area contributed by atoms with Crippen molar-refractivity contribution in [2.24, 2.45) is 0 Å². The SMILES string of the molecule is CN(C)C(=O)COc1ccc(NC(=O)c2ccc3c(=O)n4c(nc3c2)CCCCCC4)cc1. The van der Waals surface area contributed by atoms with Gasteiger partial charge in [-0.3, -0.25) is 19.0 Å². The van der Waals surface area contributed by atoms with E-state index in [0.717, 1.165) is 37.9 Å². The molecule has 3 aromatic rings. The number of anilines is 1. The highest BCUT2D eigenvalue weighted by molar-refractivity contribution is 6.06. The molecular weight excluding hydrogens is 420 g/mol. The predicted octanol–water partition coefficient (Wildman–Crippen LogP) is 3.23. The Morgan fingerprint density at radius 1 is 1.06 bits per heavy atom. The molecule has 0 fully saturated rings. The van der Waals surface area contributed by atoms with Crippen molar-refractivity contribution in [1.29, 1.82) is 0 Å². The summed E-state index contributed by atoms with van der Waals surface area (Å²) in [6, 6.07) is 11.8. The van der Waals surface area contributed by atoms with Gasteiger partial charge >= 0.3 is 0 Å². The van der Waals surface area contributed by atoms with Gasteiger partial charge in [0.1, 0.15) is 11.6 Å². The fourth-order valence-corrected chi connectivity index (χ4v) is 3.85. The number of benzene rings is 2. The minimum absolute atomic E-state index is 0.0350. The minimum atomic E-state index is -0.290. The summed E-state index contributed by atoms with van der Waals surface area (Å²) >= 11 is 0. The van der Waals surface area contributed by atoms with E-state index in [-0.39, 0.29) is 24.0 Å². The highest BCUT2D eigenvalue weighted by Gasteiger charge is 2.15. The number of aryl methyl sites for hydroxylation is 1. The number of nitrogens with zero attached hydrogens (tertiary/aromatic N) is 3. The highest BCUT2D eigenvalue weighted by atomic mass is 16.5. The van der Waals surface area contributed by atoms with Crippen molar-refractivity contribution in [2.45, 2.75) is 38.6 Å². The van der Waals surface area contributed by atoms with Gasteiger partial charge in [0.2, 0.25) is 0 Å². The quantitative estimate of drug-likeness (QED) is 0.647. The third-order valence-electron chi connectivity index (χ3n) is 5.80. The number of hydrogen-bond donors (Lipinski definition) is 1. The number of fused-ring (bicyclic) bond motifs is 2. The Labute approximate surface area is 192 Å². The fraction of sp³-hybridized carbons (Fsp3) is 0.360. The first-order valence-corrected chi connectivity index (χ1v) is 11.2. The van der Waals surface area contributed by atoms with E-state index in [9.17, 15) is 14.4 Å². The minimum Gasteiger partial charge on any atom is -0.484 e. The highest BCUT2D eigenvalue weighted by Crippen LogP contribution is 2.19. The summed E-state index contributed by atoms with van der Waals surface area (Å²) in [5.41, 5.74) is 1.54. The molecule has 0 spiro atoms. The molecule has 0 aliphatic carbocycles. The zero-order valence-corrected chi connectivity index (χ0v) is 19.0. The lowest BCUT2D eigenvalue weighted by Crippen LogP contribution is -2.27. The zero-order valence-electron chi connectivity index (χ0n) is 19.0. The van der Waals surface area contributed by atoms with Crippen LogP contribution in [0.25, 0.3) is 10.9 Å². The van der Waals surface area contributed by atoms with Gasteiger partial charge in [0.25, 0.3) is 17.4 Å². The number of hydrogen-bond acceptors (Lipinski definition) is 5. The molecule has 0 saturated carbocycles. The fourth-order valence-electron chi connectivity index (χ4n) is 3.85. The summed E-state index contributed by atoms with van der Waals surface area (Å²) in [4.78, 5) is 43.6. The van der Waals surface area contributed by atoms with Crippen molar-refractivity contribution in [3.8, 4) is 5.75 Å². The Morgan fingerprint density at radius 3 is 2.58 bits per heavy atom. The molecule has 1 aliphatic rings. The van der Waals surface area contributed by atoms with Crippen molar-refractivity contribution >= 4 is 28.4 Å². The van der Waals surface area contributed by atoms with E-state index in [1.165, 1.54) is 4.90 Å². The van der Waals surface area contributed by atoms with Crippen LogP contribution in [0.5, 0.6) is 5.75 Å². The molecule has 2 amide bonds. The summed E-state index contributed by atoms with van der Waals surface area (Å²) in [6.45, 7) is 0.648. The first-order chi connectivity index (χ1) is 15.9. The lowest BCUT2D eigenvalue weighted by atomic mass is 10.1. The molecule has 0 radical (unpaired) electrons. The molecule has 4 rings (SSSR count). The number of rotatable bonds is 5. The van der Waals surface area contributed by atoms with Crippen molar-refractivity contribution in [3.63, 3.8) is 0 Å². The first-order valence-electron chi connectivity index (χ1n) is 11.2. The Hall–Kier alpha value is -3.68. The molecule has 1 aromatic heterocycles. The van der Waals surface area contributed by atoms with Crippen molar-refractivity contribution in [1.82, 2.24) is 14.5 Å². The number of ether oxygens (including phenoxy) is 1. The Kier molecular flexibility index (Phi) is 6.72. The van der Waals surface area contributed by atoms with Crippen LogP contribution in [0.15, 0.2) is 47.3 Å². The van der Waals surface area contributed by atoms with Crippen molar-refractivity contribution < 1.29 is 14.3 Å². The second-order valence-electron chi connectivity index (χ2n) is 8.44. The molecule has 8 nitrogen and oxygen atoms in total. The number of likely N-dealkylation sites (N-methyl/N-ethyl adjacent to an activating group) is 1. The van der Waals surface area contributed by atoms with Gasteiger partial charge in [-0.2, -0.15) is 0 Å². The molecule has 2 heterocycles. The maximum Gasteiger partial charge on any atom is 0.261 e. The summed E-state index contributed by atoms with van der Waals surface area (Å²) in [5.74, 6) is 0.912. The van der Waals surface area contributed by atoms with Crippen molar-refractivity contribution in [2.75, 3.05) is 26.0 Å². The maximum atomic E-state index is 13.0. The second-order valence-corrected chi connectivity index (χ2v) is 8.44. The van der Waals surface area contributed by atoms with E-state index in [1.807, 2.05) is 0 Å². The Balaban J connectivity index is 1.49. The van der Waals surface area contributed by atoms with Crippen LogP contribution < -0.4 is 15.6 Å². The molecule has 0 unspecified atom stereocenters. The average Bonchev–Trinajstić information content (AvgIpc) is 2.79. The zero-order chi connectivity index (χ0) is 23.4. The second kappa shape index (κ2) is 9.85. The molecule has 0 atom stereocenters. The van der Waals surface area contributed by atoms with E-state index < -0.39 is 0 Å². The number of carbonyl (C=O) groups is 2. The molecule has 8 heteroatoms. The normalized spacial score (nSPS) is 13.5. The smallest absolute Gasteiger partial charge is 0.261 e. The van der Waals surface area contributed by atoms with Gasteiger partial charge in [-0.25, -0.2) is 4.98 Å². The number of nitrogens with one attached hydrogen (secondary N) is 1. The molecule has 0 saturated heterocycles. The van der Waals surface area contributed by atoms with Crippen molar-refractivity contribution in [3.05, 3.63) is 64.2 Å². The van der Waals surface area contributed by atoms with Crippen LogP contribution in [-0.2, 0) is 17.8 Å². The third kappa shape index (κ3) is 5.22. The van der Waals surface area contributed by atoms with Crippen LogP contribution >= 0.6 is 0 Å². The number of amides is 2. The topological polar surface area (TPSA) is 93.5 Å². The Bertz CT molecular complexity index is 1230. The average molecular weight is 449 g/mol. The van der Waals surface area contributed by atoms with Gasteiger partial charge in [-0.05, 0) is 55.3 Å². The standard InChI is InChI=1S/C25H28N4O4/c1-28(2)23(30)16-33-19-11-9-18(10-12-19)26-24(31)17-8-13-20-21(15-17)27-22-7-5-3-4-6-14-29(22)25(20)32/h8-13,15H,3-7,14,16H2,1-2H3,(H,26,31). The van der Waals surface area contributed by atoms with E-state index in [1.54, 1.807) is 61.1 Å². The van der Waals surface area contributed by atoms with Gasteiger partial charge in [0, 0.05) is 38.3 Å². The van der Waals surface area contributed by atoms with E-state index >= 15 is 0 Å². The molecule has 172 valence electrons.